The summed E-state index contributed by atoms with van der Waals surface area (Å²) in [5.41, 5.74) is 0.833. The van der Waals surface area contributed by atoms with Crippen molar-refractivity contribution in [3.05, 3.63) is 28.8 Å². The van der Waals surface area contributed by atoms with E-state index in [1.165, 1.54) is 6.42 Å². The molecule has 0 bridgehead atoms. The highest BCUT2D eigenvalue weighted by Crippen LogP contribution is 2.30. The van der Waals surface area contributed by atoms with E-state index in [4.69, 9.17) is 11.6 Å². The summed E-state index contributed by atoms with van der Waals surface area (Å²) in [5, 5.41) is 9.16. The van der Waals surface area contributed by atoms with Crippen molar-refractivity contribution in [2.24, 2.45) is 0 Å². The number of hydrogen-bond donors (Lipinski definition) is 3. The van der Waals surface area contributed by atoms with Crippen molar-refractivity contribution >= 4 is 35.1 Å². The first kappa shape index (κ1) is 18.1. The molecular weight excluding hydrogens is 368 g/mol. The second-order valence-corrected chi connectivity index (χ2v) is 7.91. The predicted octanol–water partition coefficient (Wildman–Crippen LogP) is 2.51. The van der Waals surface area contributed by atoms with E-state index in [9.17, 15) is 14.4 Å². The Balaban J connectivity index is 1.48. The van der Waals surface area contributed by atoms with Gasteiger partial charge in [0, 0.05) is 17.6 Å². The van der Waals surface area contributed by atoms with Gasteiger partial charge in [0.2, 0.25) is 5.91 Å². The van der Waals surface area contributed by atoms with Crippen LogP contribution in [-0.4, -0.2) is 47.4 Å². The average Bonchev–Trinajstić information content (AvgIpc) is 3.01. The number of carbonyl (C=O) groups excluding carboxylic acids is 3. The zero-order chi connectivity index (χ0) is 19.0. The number of fused-ring (bicyclic) bond motifs is 2. The molecule has 2 unspecified atom stereocenters. The second-order valence-electron chi connectivity index (χ2n) is 7.47. The normalized spacial score (nSPS) is 25.3. The van der Waals surface area contributed by atoms with Gasteiger partial charge in [-0.1, -0.05) is 30.9 Å². The molecule has 8 heteroatoms. The van der Waals surface area contributed by atoms with Gasteiger partial charge < -0.3 is 20.9 Å². The van der Waals surface area contributed by atoms with E-state index in [1.54, 1.807) is 23.1 Å². The largest absolute Gasteiger partial charge is 0.335 e. The summed E-state index contributed by atoms with van der Waals surface area (Å²) in [7, 11) is 0. The SMILES string of the molecule is O=C(NC1CCCCC1)NC1CCN2C(=O)c3ccc(Cl)cc3NC(=O)C12. The molecule has 2 fully saturated rings. The lowest BCUT2D eigenvalue weighted by Gasteiger charge is -2.27. The van der Waals surface area contributed by atoms with Crippen LogP contribution in [-0.2, 0) is 4.79 Å². The van der Waals surface area contributed by atoms with E-state index in [-0.39, 0.29) is 23.9 Å². The first-order valence-corrected chi connectivity index (χ1v) is 9.89. The second kappa shape index (κ2) is 7.38. The van der Waals surface area contributed by atoms with Crippen LogP contribution >= 0.6 is 11.6 Å². The fraction of sp³-hybridized carbons (Fsp3) is 0.526. The van der Waals surface area contributed by atoms with Gasteiger partial charge in [-0.15, -0.1) is 0 Å². The molecule has 1 aromatic rings. The standard InChI is InChI=1S/C19H23ClN4O3/c20-11-6-7-13-15(10-11)22-17(25)16-14(8-9-24(16)18(13)26)23-19(27)21-12-4-2-1-3-5-12/h6-7,10,12,14,16H,1-5,8-9H2,(H,22,25)(H2,21,23,27). The molecule has 1 saturated carbocycles. The Morgan fingerprint density at radius 3 is 2.67 bits per heavy atom. The highest BCUT2D eigenvalue weighted by atomic mass is 35.5. The average molecular weight is 391 g/mol. The number of amides is 4. The first-order chi connectivity index (χ1) is 13.0. The Hall–Kier alpha value is -2.28. The van der Waals surface area contributed by atoms with Crippen LogP contribution in [0.4, 0.5) is 10.5 Å². The van der Waals surface area contributed by atoms with Crippen LogP contribution in [0.1, 0.15) is 48.9 Å². The summed E-state index contributed by atoms with van der Waals surface area (Å²) in [6.07, 6.45) is 5.99. The van der Waals surface area contributed by atoms with Crippen molar-refractivity contribution in [2.45, 2.75) is 56.7 Å². The van der Waals surface area contributed by atoms with Crippen LogP contribution in [0.3, 0.4) is 0 Å². The van der Waals surface area contributed by atoms with Gasteiger partial charge >= 0.3 is 6.03 Å². The third kappa shape index (κ3) is 3.60. The quantitative estimate of drug-likeness (QED) is 0.724. The van der Waals surface area contributed by atoms with Crippen molar-refractivity contribution in [1.29, 1.82) is 0 Å². The van der Waals surface area contributed by atoms with Crippen LogP contribution in [0.2, 0.25) is 5.02 Å². The molecule has 4 amide bonds. The highest BCUT2D eigenvalue weighted by molar-refractivity contribution is 6.31. The van der Waals surface area contributed by atoms with Crippen LogP contribution < -0.4 is 16.0 Å². The molecule has 3 aliphatic rings. The number of carbonyl (C=O) groups is 3. The van der Waals surface area contributed by atoms with Crippen LogP contribution in [0, 0.1) is 0 Å². The van der Waals surface area contributed by atoms with Crippen molar-refractivity contribution in [3.63, 3.8) is 0 Å². The molecule has 144 valence electrons. The third-order valence-corrected chi connectivity index (χ3v) is 5.89. The van der Waals surface area contributed by atoms with Crippen molar-refractivity contribution in [2.75, 3.05) is 11.9 Å². The van der Waals surface area contributed by atoms with Gasteiger partial charge in [0.05, 0.1) is 17.3 Å². The van der Waals surface area contributed by atoms with Gasteiger partial charge in [0.15, 0.2) is 0 Å². The van der Waals surface area contributed by atoms with Crippen molar-refractivity contribution in [3.8, 4) is 0 Å². The lowest BCUT2D eigenvalue weighted by molar-refractivity contribution is -0.120. The Kier molecular flexibility index (Phi) is 4.95. The summed E-state index contributed by atoms with van der Waals surface area (Å²) in [4.78, 5) is 39.6. The maximum atomic E-state index is 12.9. The lowest BCUT2D eigenvalue weighted by atomic mass is 9.96. The molecule has 1 aromatic carbocycles. The number of rotatable bonds is 2. The smallest absolute Gasteiger partial charge is 0.315 e. The fourth-order valence-corrected chi connectivity index (χ4v) is 4.48. The lowest BCUT2D eigenvalue weighted by Crippen LogP contribution is -2.54. The summed E-state index contributed by atoms with van der Waals surface area (Å²) in [5.74, 6) is -0.521. The van der Waals surface area contributed by atoms with E-state index < -0.39 is 12.1 Å². The zero-order valence-corrected chi connectivity index (χ0v) is 15.7. The maximum Gasteiger partial charge on any atom is 0.315 e. The van der Waals surface area contributed by atoms with E-state index in [2.05, 4.69) is 16.0 Å². The van der Waals surface area contributed by atoms with Gasteiger partial charge in [0.25, 0.3) is 5.91 Å². The monoisotopic (exact) mass is 390 g/mol. The molecule has 3 N–H and O–H groups in total. The summed E-state index contributed by atoms with van der Waals surface area (Å²) < 4.78 is 0. The summed E-state index contributed by atoms with van der Waals surface area (Å²) in [6.45, 7) is 0.424. The van der Waals surface area contributed by atoms with E-state index >= 15 is 0 Å². The minimum atomic E-state index is -0.721. The fourth-order valence-electron chi connectivity index (χ4n) is 4.31. The van der Waals surface area contributed by atoms with Gasteiger partial charge in [-0.05, 0) is 37.5 Å². The molecule has 0 radical (unpaired) electrons. The minimum absolute atomic E-state index is 0.187. The van der Waals surface area contributed by atoms with Crippen molar-refractivity contribution < 1.29 is 14.4 Å². The van der Waals surface area contributed by atoms with Gasteiger partial charge in [-0.3, -0.25) is 9.59 Å². The van der Waals surface area contributed by atoms with E-state index in [0.717, 1.165) is 25.7 Å². The molecule has 2 aliphatic heterocycles. The van der Waals surface area contributed by atoms with Crippen LogP contribution in [0.25, 0.3) is 0 Å². The molecule has 2 heterocycles. The molecule has 1 saturated heterocycles. The van der Waals surface area contributed by atoms with Crippen molar-refractivity contribution in [1.82, 2.24) is 15.5 Å². The predicted molar refractivity (Wildman–Crippen MR) is 102 cm³/mol. The van der Waals surface area contributed by atoms with Gasteiger partial charge in [0.1, 0.15) is 6.04 Å². The molecule has 0 spiro atoms. The minimum Gasteiger partial charge on any atom is -0.335 e. The molecule has 2 atom stereocenters. The molecule has 4 rings (SSSR count). The number of nitrogens with one attached hydrogen (secondary N) is 3. The highest BCUT2D eigenvalue weighted by Gasteiger charge is 2.45. The molecule has 0 aromatic heterocycles. The molecule has 1 aliphatic carbocycles. The zero-order valence-electron chi connectivity index (χ0n) is 15.0. The topological polar surface area (TPSA) is 90.5 Å². The molecule has 7 nitrogen and oxygen atoms in total. The Bertz CT molecular complexity index is 778. The summed E-state index contributed by atoms with van der Waals surface area (Å²) >= 11 is 5.99. The number of anilines is 1. The van der Waals surface area contributed by atoms with Crippen LogP contribution in [0.15, 0.2) is 18.2 Å². The molecular formula is C19H23ClN4O3. The Labute approximate surface area is 162 Å². The Morgan fingerprint density at radius 2 is 1.89 bits per heavy atom. The number of benzene rings is 1. The third-order valence-electron chi connectivity index (χ3n) is 5.65. The maximum absolute atomic E-state index is 12.9. The van der Waals surface area contributed by atoms with Gasteiger partial charge in [-0.2, -0.15) is 0 Å². The number of halogens is 1. The number of nitrogens with zero attached hydrogens (tertiary/aromatic N) is 1. The summed E-state index contributed by atoms with van der Waals surface area (Å²) in [6, 6.07) is 3.62. The van der Waals surface area contributed by atoms with E-state index in [1.807, 2.05) is 0 Å². The molecule has 27 heavy (non-hydrogen) atoms. The number of hydrogen-bond acceptors (Lipinski definition) is 3. The Morgan fingerprint density at radius 1 is 1.11 bits per heavy atom. The van der Waals surface area contributed by atoms with Gasteiger partial charge in [-0.25, -0.2) is 4.79 Å². The first-order valence-electron chi connectivity index (χ1n) is 9.51. The van der Waals surface area contributed by atoms with E-state index in [0.29, 0.717) is 29.2 Å². The number of urea groups is 1. The van der Waals surface area contributed by atoms with Crippen LogP contribution in [0.5, 0.6) is 0 Å².